The molecule has 5 aromatic rings. The second-order valence-corrected chi connectivity index (χ2v) is 16.0. The van der Waals surface area contributed by atoms with Crippen molar-refractivity contribution >= 4 is 39.0 Å². The predicted octanol–water partition coefficient (Wildman–Crippen LogP) is 6.83. The van der Waals surface area contributed by atoms with Gasteiger partial charge in [0.25, 0.3) is 10.1 Å². The first-order chi connectivity index (χ1) is 28.8. The number of ether oxygens (including phenoxy) is 6. The number of carboxylic acid groups (broad SMARTS) is 1. The van der Waals surface area contributed by atoms with Crippen LogP contribution in [0.5, 0.6) is 0 Å². The summed E-state index contributed by atoms with van der Waals surface area (Å²) in [4.78, 5) is 35.4. The van der Waals surface area contributed by atoms with Crippen molar-refractivity contribution in [2.75, 3.05) is 84.1 Å². The van der Waals surface area contributed by atoms with E-state index in [1.807, 2.05) is 43.3 Å². The molecule has 0 saturated carbocycles. The van der Waals surface area contributed by atoms with Gasteiger partial charge in [-0.25, -0.2) is 19.1 Å². The highest BCUT2D eigenvalue weighted by Crippen LogP contribution is 2.30. The first-order valence-electron chi connectivity index (χ1n) is 19.4. The number of anilines is 1. The van der Waals surface area contributed by atoms with Crippen LogP contribution >= 0.6 is 0 Å². The number of hydrogen-bond donors (Lipinski definition) is 1. The molecular formula is C43H52N4O12S. The molecular weight excluding hydrogens is 797 g/mol. The van der Waals surface area contributed by atoms with E-state index in [4.69, 9.17) is 32.6 Å². The van der Waals surface area contributed by atoms with Crippen molar-refractivity contribution < 1.29 is 55.7 Å². The first-order valence-corrected chi connectivity index (χ1v) is 20.8. The Morgan fingerprint density at radius 3 is 1.80 bits per heavy atom. The summed E-state index contributed by atoms with van der Waals surface area (Å²) in [7, 11) is -3.81. The Bertz CT molecular complexity index is 2220. The minimum atomic E-state index is -3.81. The van der Waals surface area contributed by atoms with Crippen LogP contribution < -0.4 is 4.90 Å². The molecule has 0 aliphatic carbocycles. The Kier molecular flexibility index (Phi) is 17.1. The van der Waals surface area contributed by atoms with Crippen LogP contribution in [0.2, 0.25) is 0 Å². The van der Waals surface area contributed by atoms with Gasteiger partial charge in [0.05, 0.1) is 102 Å². The van der Waals surface area contributed by atoms with Crippen LogP contribution in [0.25, 0.3) is 33.3 Å². The number of rotatable bonds is 23. The van der Waals surface area contributed by atoms with Crippen molar-refractivity contribution in [1.82, 2.24) is 14.5 Å². The van der Waals surface area contributed by atoms with Crippen LogP contribution in [0, 0.1) is 6.92 Å². The SMILES string of the molecule is Cc1ccc(S(=O)(=O)OCCOCCOCCOCCOCCOCCN(C(=O)OC(C)(C)C)c2ccc(-c3ccc(-c4cc5ccncc5n4C(=O)O)cc3)cn2)cc1. The third kappa shape index (κ3) is 13.9. The van der Waals surface area contributed by atoms with Crippen LogP contribution in [-0.4, -0.2) is 125 Å². The molecule has 322 valence electrons. The fraction of sp³-hybridized carbons (Fsp3) is 0.395. The number of fused-ring (bicyclic) bond motifs is 1. The van der Waals surface area contributed by atoms with Crippen LogP contribution in [0.15, 0.2) is 96.3 Å². The van der Waals surface area contributed by atoms with Gasteiger partial charge >= 0.3 is 12.2 Å². The van der Waals surface area contributed by atoms with E-state index in [0.29, 0.717) is 63.3 Å². The number of hydrogen-bond acceptors (Lipinski definition) is 13. The van der Waals surface area contributed by atoms with Gasteiger partial charge in [0.1, 0.15) is 11.4 Å². The standard InChI is InChI=1S/C43H52N4O12S/c1-32-5-12-37(13-6-32)60(51,52)58-28-27-57-26-25-56-24-23-55-22-21-54-20-19-53-18-17-46(42(50)59-43(2,3)4)40-14-11-36(30-45-40)33-7-9-34(10-8-33)38-29-35-15-16-44-31-39(35)47(38)41(48)49/h5-16,29-31H,17-28H2,1-4H3,(H,48,49). The molecule has 5 rings (SSSR count). The van der Waals surface area contributed by atoms with Gasteiger partial charge in [-0.1, -0.05) is 42.0 Å². The quantitative estimate of drug-likeness (QED) is 0.0532. The summed E-state index contributed by atoms with van der Waals surface area (Å²) in [6.07, 6.45) is 3.18. The maximum atomic E-state index is 13.2. The summed E-state index contributed by atoms with van der Waals surface area (Å²) in [6, 6.07) is 21.1. The topological polar surface area (TPSA) is 187 Å². The molecule has 0 bridgehead atoms. The zero-order chi connectivity index (χ0) is 43.0. The molecule has 1 N–H and O–H groups in total. The normalized spacial score (nSPS) is 11.9. The lowest BCUT2D eigenvalue weighted by atomic mass is 10.0. The van der Waals surface area contributed by atoms with E-state index < -0.39 is 27.9 Å². The van der Waals surface area contributed by atoms with E-state index in [1.54, 1.807) is 57.4 Å². The summed E-state index contributed by atoms with van der Waals surface area (Å²) in [5.41, 5.74) is 3.69. The van der Waals surface area contributed by atoms with E-state index in [-0.39, 0.29) is 37.9 Å². The highest BCUT2D eigenvalue weighted by atomic mass is 32.2. The maximum Gasteiger partial charge on any atom is 0.416 e. The van der Waals surface area contributed by atoms with Gasteiger partial charge in [0.2, 0.25) is 0 Å². The number of benzene rings is 2. The first kappa shape index (κ1) is 45.8. The van der Waals surface area contributed by atoms with Crippen molar-refractivity contribution in [1.29, 1.82) is 0 Å². The van der Waals surface area contributed by atoms with Crippen LogP contribution in [0.4, 0.5) is 15.4 Å². The summed E-state index contributed by atoms with van der Waals surface area (Å²) < 4.78 is 63.9. The minimum absolute atomic E-state index is 0.0890. The molecule has 0 radical (unpaired) electrons. The van der Waals surface area contributed by atoms with E-state index in [2.05, 4.69) is 9.97 Å². The Morgan fingerprint density at radius 2 is 1.25 bits per heavy atom. The Morgan fingerprint density at radius 1 is 0.700 bits per heavy atom. The lowest BCUT2D eigenvalue weighted by molar-refractivity contribution is -0.0122. The van der Waals surface area contributed by atoms with Crippen molar-refractivity contribution in [3.8, 4) is 22.4 Å². The van der Waals surface area contributed by atoms with Crippen LogP contribution in [0.1, 0.15) is 26.3 Å². The number of carbonyl (C=O) groups is 2. The van der Waals surface area contributed by atoms with Crippen molar-refractivity contribution in [2.45, 2.75) is 38.2 Å². The largest absolute Gasteiger partial charge is 0.464 e. The molecule has 0 aliphatic heterocycles. The zero-order valence-corrected chi connectivity index (χ0v) is 35.1. The van der Waals surface area contributed by atoms with Gasteiger partial charge in [0.15, 0.2) is 0 Å². The number of aromatic nitrogens is 3. The highest BCUT2D eigenvalue weighted by Gasteiger charge is 2.24. The third-order valence-corrected chi connectivity index (χ3v) is 10.00. The Balaban J connectivity index is 0.959. The molecule has 0 fully saturated rings. The number of pyridine rings is 2. The van der Waals surface area contributed by atoms with Crippen LogP contribution in [-0.2, 0) is 42.7 Å². The van der Waals surface area contributed by atoms with Gasteiger partial charge in [-0.15, -0.1) is 0 Å². The molecule has 16 nitrogen and oxygen atoms in total. The fourth-order valence-electron chi connectivity index (χ4n) is 5.75. The monoisotopic (exact) mass is 848 g/mol. The second kappa shape index (κ2) is 22.4. The average molecular weight is 849 g/mol. The van der Waals surface area contributed by atoms with Gasteiger partial charge in [-0.2, -0.15) is 8.42 Å². The minimum Gasteiger partial charge on any atom is -0.464 e. The molecule has 60 heavy (non-hydrogen) atoms. The Labute approximate surface area is 350 Å². The summed E-state index contributed by atoms with van der Waals surface area (Å²) in [5.74, 6) is 0.398. The second-order valence-electron chi connectivity index (χ2n) is 14.3. The molecule has 2 aromatic carbocycles. The Hall–Kier alpha value is -5.27. The highest BCUT2D eigenvalue weighted by molar-refractivity contribution is 7.86. The van der Waals surface area contributed by atoms with Crippen molar-refractivity contribution in [2.24, 2.45) is 0 Å². The molecule has 0 saturated heterocycles. The van der Waals surface area contributed by atoms with Gasteiger partial charge in [0, 0.05) is 23.3 Å². The van der Waals surface area contributed by atoms with E-state index in [9.17, 15) is 23.1 Å². The molecule has 3 heterocycles. The zero-order valence-electron chi connectivity index (χ0n) is 34.3. The van der Waals surface area contributed by atoms with Gasteiger partial charge in [-0.3, -0.25) is 14.1 Å². The molecule has 0 spiro atoms. The van der Waals surface area contributed by atoms with Crippen molar-refractivity contribution in [3.63, 3.8) is 0 Å². The van der Waals surface area contributed by atoms with Gasteiger partial charge in [-0.05, 0) is 75.2 Å². The number of amides is 1. The molecule has 17 heteroatoms. The van der Waals surface area contributed by atoms with E-state index in [1.165, 1.54) is 27.8 Å². The predicted molar refractivity (Wildman–Crippen MR) is 224 cm³/mol. The average Bonchev–Trinajstić information content (AvgIpc) is 3.62. The molecule has 0 atom stereocenters. The summed E-state index contributed by atoms with van der Waals surface area (Å²) in [6.45, 7) is 10.4. The molecule has 1 amide bonds. The van der Waals surface area contributed by atoms with E-state index >= 15 is 0 Å². The fourth-order valence-corrected chi connectivity index (χ4v) is 6.64. The third-order valence-electron chi connectivity index (χ3n) is 8.67. The lowest BCUT2D eigenvalue weighted by Crippen LogP contribution is -2.39. The van der Waals surface area contributed by atoms with Crippen molar-refractivity contribution in [3.05, 3.63) is 97.0 Å². The smallest absolute Gasteiger partial charge is 0.416 e. The lowest BCUT2D eigenvalue weighted by Gasteiger charge is -2.27. The maximum absolute atomic E-state index is 13.2. The number of aryl methyl sites for hydroxylation is 1. The molecule has 0 aliphatic rings. The van der Waals surface area contributed by atoms with E-state index in [0.717, 1.165) is 27.6 Å². The number of nitrogens with zero attached hydrogens (tertiary/aromatic N) is 4. The summed E-state index contributed by atoms with van der Waals surface area (Å²) >= 11 is 0. The number of carbonyl (C=O) groups excluding carboxylic acids is 1. The van der Waals surface area contributed by atoms with Gasteiger partial charge < -0.3 is 33.5 Å². The summed E-state index contributed by atoms with van der Waals surface area (Å²) in [5, 5.41) is 10.7. The molecule has 3 aromatic heterocycles. The van der Waals surface area contributed by atoms with Crippen LogP contribution in [0.3, 0.4) is 0 Å². The molecule has 0 unspecified atom stereocenters.